The molecule has 6 nitrogen and oxygen atoms in total. The molecule has 1 fully saturated rings. The van der Waals surface area contributed by atoms with Crippen molar-refractivity contribution >= 4 is 5.91 Å². The standard InChI is InChI=1S/C15H29NO5/c1-2-3-4-5-6-7-8-9-16-10-11(17)12(18)13(19)14(20)15(16)21/h11-14,17-20H,2-10H2,1H3/t11-,12-,13+,14+/m1/s1. The van der Waals surface area contributed by atoms with Crippen LogP contribution in [-0.4, -0.2) is 68.7 Å². The fourth-order valence-corrected chi connectivity index (χ4v) is 2.63. The number of β-amino-alcohol motifs (C(OH)–C–C–N with tert-alkyl or cyclic N) is 1. The molecule has 0 aromatic carbocycles. The maximum Gasteiger partial charge on any atom is 0.254 e. The molecule has 4 N–H and O–H groups in total. The van der Waals surface area contributed by atoms with Gasteiger partial charge in [-0.2, -0.15) is 0 Å². The lowest BCUT2D eigenvalue weighted by Gasteiger charge is -2.23. The minimum atomic E-state index is -1.67. The lowest BCUT2D eigenvalue weighted by Crippen LogP contribution is -2.45. The van der Waals surface area contributed by atoms with Crippen molar-refractivity contribution in [3.63, 3.8) is 0 Å². The Hall–Kier alpha value is -0.690. The molecule has 0 radical (unpaired) electrons. The Morgan fingerprint density at radius 2 is 1.52 bits per heavy atom. The highest BCUT2D eigenvalue weighted by atomic mass is 16.4. The van der Waals surface area contributed by atoms with E-state index in [1.54, 1.807) is 0 Å². The number of hydrogen-bond acceptors (Lipinski definition) is 5. The zero-order chi connectivity index (χ0) is 15.8. The SMILES string of the molecule is CCCCCCCCCN1C[C@@H](O)[C@@H](O)[C@H](O)[C@H](O)C1=O. The lowest BCUT2D eigenvalue weighted by atomic mass is 10.1. The van der Waals surface area contributed by atoms with Crippen LogP contribution in [0.25, 0.3) is 0 Å². The van der Waals surface area contributed by atoms with Gasteiger partial charge in [-0.15, -0.1) is 0 Å². The zero-order valence-electron chi connectivity index (χ0n) is 12.8. The second-order valence-electron chi connectivity index (χ2n) is 5.90. The Morgan fingerprint density at radius 3 is 2.14 bits per heavy atom. The van der Waals surface area contributed by atoms with E-state index in [-0.39, 0.29) is 6.54 Å². The molecule has 4 atom stereocenters. The van der Waals surface area contributed by atoms with Crippen molar-refractivity contribution in [3.05, 3.63) is 0 Å². The molecule has 1 rings (SSSR count). The zero-order valence-corrected chi connectivity index (χ0v) is 12.8. The van der Waals surface area contributed by atoms with E-state index >= 15 is 0 Å². The number of nitrogens with zero attached hydrogens (tertiary/aromatic N) is 1. The first-order valence-electron chi connectivity index (χ1n) is 8.00. The molecular weight excluding hydrogens is 274 g/mol. The number of hydrogen-bond donors (Lipinski definition) is 4. The third-order valence-electron chi connectivity index (χ3n) is 4.07. The van der Waals surface area contributed by atoms with Gasteiger partial charge in [0.15, 0.2) is 6.10 Å². The van der Waals surface area contributed by atoms with Gasteiger partial charge in [-0.05, 0) is 6.42 Å². The van der Waals surface area contributed by atoms with Crippen LogP contribution in [0.15, 0.2) is 0 Å². The van der Waals surface area contributed by atoms with Gasteiger partial charge in [0.25, 0.3) is 5.91 Å². The average molecular weight is 303 g/mol. The van der Waals surface area contributed by atoms with Gasteiger partial charge in [-0.25, -0.2) is 0 Å². The minimum Gasteiger partial charge on any atom is -0.388 e. The molecule has 1 amide bonds. The molecule has 21 heavy (non-hydrogen) atoms. The second kappa shape index (κ2) is 9.35. The summed E-state index contributed by atoms with van der Waals surface area (Å²) in [6, 6.07) is 0. The van der Waals surface area contributed by atoms with Crippen molar-refractivity contribution in [2.75, 3.05) is 13.1 Å². The summed E-state index contributed by atoms with van der Waals surface area (Å²) in [5, 5.41) is 38.5. The summed E-state index contributed by atoms with van der Waals surface area (Å²) in [6.07, 6.45) is 1.75. The molecule has 6 heteroatoms. The first kappa shape index (κ1) is 18.4. The van der Waals surface area contributed by atoms with Gasteiger partial charge >= 0.3 is 0 Å². The Labute approximate surface area is 126 Å². The Bertz CT molecular complexity index is 312. The van der Waals surface area contributed by atoms with Crippen LogP contribution in [0.4, 0.5) is 0 Å². The summed E-state index contributed by atoms with van der Waals surface area (Å²) >= 11 is 0. The van der Waals surface area contributed by atoms with Crippen LogP contribution >= 0.6 is 0 Å². The molecule has 124 valence electrons. The van der Waals surface area contributed by atoms with Crippen LogP contribution in [0.5, 0.6) is 0 Å². The Balaban J connectivity index is 2.34. The molecule has 0 spiro atoms. The maximum atomic E-state index is 11.9. The number of carbonyl (C=O) groups is 1. The molecule has 0 saturated carbocycles. The molecule has 0 aliphatic carbocycles. The van der Waals surface area contributed by atoms with E-state index in [4.69, 9.17) is 0 Å². The smallest absolute Gasteiger partial charge is 0.254 e. The van der Waals surface area contributed by atoms with Crippen LogP contribution in [0.3, 0.4) is 0 Å². The van der Waals surface area contributed by atoms with Gasteiger partial charge in [0.05, 0.1) is 0 Å². The van der Waals surface area contributed by atoms with Crippen LogP contribution in [-0.2, 0) is 4.79 Å². The van der Waals surface area contributed by atoms with Crippen LogP contribution in [0.1, 0.15) is 51.9 Å². The van der Waals surface area contributed by atoms with Crippen molar-refractivity contribution in [1.82, 2.24) is 4.90 Å². The number of amides is 1. The predicted octanol–water partition coefficient (Wildman–Crippen LogP) is 0.0228. The topological polar surface area (TPSA) is 101 Å². The Morgan fingerprint density at radius 1 is 0.952 bits per heavy atom. The highest BCUT2D eigenvalue weighted by Crippen LogP contribution is 2.16. The van der Waals surface area contributed by atoms with Gasteiger partial charge in [-0.1, -0.05) is 45.4 Å². The molecule has 1 saturated heterocycles. The summed E-state index contributed by atoms with van der Waals surface area (Å²) in [7, 11) is 0. The first-order chi connectivity index (χ1) is 9.99. The van der Waals surface area contributed by atoms with Gasteiger partial charge < -0.3 is 25.3 Å². The van der Waals surface area contributed by atoms with E-state index in [2.05, 4.69) is 6.92 Å². The van der Waals surface area contributed by atoms with Crippen molar-refractivity contribution in [2.45, 2.75) is 76.3 Å². The second-order valence-corrected chi connectivity index (χ2v) is 5.90. The molecule has 1 heterocycles. The van der Waals surface area contributed by atoms with E-state index in [1.165, 1.54) is 30.6 Å². The number of unbranched alkanes of at least 4 members (excludes halogenated alkanes) is 6. The average Bonchev–Trinajstić information content (AvgIpc) is 2.54. The highest BCUT2D eigenvalue weighted by molar-refractivity contribution is 5.81. The summed E-state index contributed by atoms with van der Waals surface area (Å²) in [5.41, 5.74) is 0. The predicted molar refractivity (Wildman–Crippen MR) is 78.6 cm³/mol. The van der Waals surface area contributed by atoms with Crippen molar-refractivity contribution in [2.24, 2.45) is 0 Å². The number of aliphatic hydroxyl groups excluding tert-OH is 4. The van der Waals surface area contributed by atoms with Crippen LogP contribution in [0, 0.1) is 0 Å². The van der Waals surface area contributed by atoms with Gasteiger partial charge in [0.1, 0.15) is 18.3 Å². The lowest BCUT2D eigenvalue weighted by molar-refractivity contribution is -0.147. The quantitative estimate of drug-likeness (QED) is 0.474. The highest BCUT2D eigenvalue weighted by Gasteiger charge is 2.41. The fraction of sp³-hybridized carbons (Fsp3) is 0.933. The first-order valence-corrected chi connectivity index (χ1v) is 8.00. The van der Waals surface area contributed by atoms with Gasteiger partial charge in [-0.3, -0.25) is 4.79 Å². The van der Waals surface area contributed by atoms with Crippen molar-refractivity contribution in [3.8, 4) is 0 Å². The molecular formula is C15H29NO5. The van der Waals surface area contributed by atoms with E-state index in [1.807, 2.05) is 0 Å². The van der Waals surface area contributed by atoms with Crippen LogP contribution in [0.2, 0.25) is 0 Å². The van der Waals surface area contributed by atoms with E-state index in [0.717, 1.165) is 19.3 Å². The fourth-order valence-electron chi connectivity index (χ4n) is 2.63. The Kier molecular flexibility index (Phi) is 8.18. The summed E-state index contributed by atoms with van der Waals surface area (Å²) in [5.74, 6) is -0.621. The van der Waals surface area contributed by atoms with Crippen molar-refractivity contribution in [1.29, 1.82) is 0 Å². The molecule has 1 aliphatic heterocycles. The minimum absolute atomic E-state index is 0.0516. The summed E-state index contributed by atoms with van der Waals surface area (Å²) < 4.78 is 0. The normalized spacial score (nSPS) is 30.5. The number of rotatable bonds is 8. The van der Waals surface area contributed by atoms with Crippen molar-refractivity contribution < 1.29 is 25.2 Å². The maximum absolute atomic E-state index is 11.9. The number of carbonyl (C=O) groups excluding carboxylic acids is 1. The van der Waals surface area contributed by atoms with E-state index < -0.39 is 30.3 Å². The molecule has 1 aliphatic rings. The van der Waals surface area contributed by atoms with Crippen LogP contribution < -0.4 is 0 Å². The third-order valence-corrected chi connectivity index (χ3v) is 4.07. The van der Waals surface area contributed by atoms with E-state index in [0.29, 0.717) is 6.54 Å². The molecule has 0 bridgehead atoms. The molecule has 0 aromatic rings. The largest absolute Gasteiger partial charge is 0.388 e. The molecule has 0 aromatic heterocycles. The monoisotopic (exact) mass is 303 g/mol. The van der Waals surface area contributed by atoms with E-state index in [9.17, 15) is 25.2 Å². The third kappa shape index (κ3) is 5.54. The number of aliphatic hydroxyl groups is 4. The molecule has 0 unspecified atom stereocenters. The van der Waals surface area contributed by atoms with Gasteiger partial charge in [0.2, 0.25) is 0 Å². The van der Waals surface area contributed by atoms with Gasteiger partial charge in [0, 0.05) is 13.1 Å². The summed E-state index contributed by atoms with van der Waals surface area (Å²) in [6.45, 7) is 2.55. The number of likely N-dealkylation sites (tertiary alicyclic amines) is 1. The summed E-state index contributed by atoms with van der Waals surface area (Å²) in [4.78, 5) is 13.3.